The van der Waals surface area contributed by atoms with E-state index in [2.05, 4.69) is 10.2 Å². The molecule has 33 heavy (non-hydrogen) atoms. The van der Waals surface area contributed by atoms with Gasteiger partial charge in [-0.15, -0.1) is 0 Å². The van der Waals surface area contributed by atoms with E-state index in [1.54, 1.807) is 18.9 Å². The molecule has 0 saturated carbocycles. The number of nitrogens with zero attached hydrogens (tertiary/aromatic N) is 4. The maximum atomic E-state index is 13.2. The second-order valence-corrected chi connectivity index (χ2v) is 8.32. The summed E-state index contributed by atoms with van der Waals surface area (Å²) in [5, 5.41) is 8.59. The Bertz CT molecular complexity index is 964. The van der Waals surface area contributed by atoms with E-state index in [0.717, 1.165) is 43.8 Å². The number of rotatable bonds is 7. The summed E-state index contributed by atoms with van der Waals surface area (Å²) in [5.74, 6) is 0.497. The van der Waals surface area contributed by atoms with E-state index >= 15 is 0 Å². The Hall–Kier alpha value is -2.85. The number of hydrogen-bond donors (Lipinski definition) is 1. The summed E-state index contributed by atoms with van der Waals surface area (Å²) >= 11 is 0. The number of carbonyl (C=O) groups is 2. The number of fused-ring (bicyclic) bond motifs is 1. The first-order chi connectivity index (χ1) is 16.1. The third kappa shape index (κ3) is 5.39. The Kier molecular flexibility index (Phi) is 7.66. The monoisotopic (exact) mass is 459 g/mol. The lowest BCUT2D eigenvalue weighted by atomic mass is 10.0. The van der Waals surface area contributed by atoms with Crippen LogP contribution in [0.1, 0.15) is 30.3 Å². The molecule has 0 atom stereocenters. The summed E-state index contributed by atoms with van der Waals surface area (Å²) in [4.78, 5) is 29.1. The van der Waals surface area contributed by atoms with Crippen LogP contribution in [0.15, 0.2) is 18.2 Å². The van der Waals surface area contributed by atoms with E-state index in [1.165, 1.54) is 0 Å². The first-order valence-corrected chi connectivity index (χ1v) is 11.7. The molecule has 2 aliphatic heterocycles. The molecule has 2 amide bonds. The number of methoxy groups -OCH3 is 1. The van der Waals surface area contributed by atoms with Crippen molar-refractivity contribution in [2.24, 2.45) is 0 Å². The molecule has 0 radical (unpaired) electrons. The van der Waals surface area contributed by atoms with E-state index < -0.39 is 0 Å². The van der Waals surface area contributed by atoms with Crippen LogP contribution in [-0.2, 0) is 16.0 Å². The summed E-state index contributed by atoms with van der Waals surface area (Å²) < 4.78 is 18.0. The molecule has 3 heterocycles. The molecule has 2 aromatic rings. The molecular formula is C23H33N5O5. The predicted octanol–water partition coefficient (Wildman–Crippen LogP) is 1.73. The second-order valence-electron chi connectivity index (χ2n) is 8.32. The standard InChI is InChI=1S/C23H33N5O5/c1-3-33-23(30)27-9-7-17(8-10-27)24-22(29)20-18-5-4-6-19(31-2)21(18)28(25-20)12-11-26-13-15-32-16-14-26/h4-6,17H,3,7-16H2,1-2H3,(H,24,29). The Morgan fingerprint density at radius 3 is 2.61 bits per heavy atom. The van der Waals surface area contributed by atoms with Crippen LogP contribution in [0.25, 0.3) is 10.9 Å². The summed E-state index contributed by atoms with van der Waals surface area (Å²) in [7, 11) is 1.63. The van der Waals surface area contributed by atoms with Gasteiger partial charge in [-0.3, -0.25) is 14.4 Å². The molecule has 2 fully saturated rings. The summed E-state index contributed by atoms with van der Waals surface area (Å²) in [5.41, 5.74) is 1.23. The molecule has 1 aromatic carbocycles. The van der Waals surface area contributed by atoms with Crippen LogP contribution in [0.4, 0.5) is 4.79 Å². The van der Waals surface area contributed by atoms with Gasteiger partial charge in [0.1, 0.15) is 11.3 Å². The van der Waals surface area contributed by atoms with Gasteiger partial charge in [-0.2, -0.15) is 5.10 Å². The number of para-hydroxylation sites is 1. The van der Waals surface area contributed by atoms with Crippen molar-refractivity contribution in [3.63, 3.8) is 0 Å². The fourth-order valence-corrected chi connectivity index (χ4v) is 4.43. The second kappa shape index (κ2) is 10.8. The molecule has 1 aromatic heterocycles. The van der Waals surface area contributed by atoms with Crippen molar-refractivity contribution in [2.45, 2.75) is 32.4 Å². The molecule has 2 saturated heterocycles. The Morgan fingerprint density at radius 1 is 1.15 bits per heavy atom. The SMILES string of the molecule is CCOC(=O)N1CCC(NC(=O)c2nn(CCN3CCOCC3)c3c(OC)cccc23)CC1. The highest BCUT2D eigenvalue weighted by Crippen LogP contribution is 2.28. The molecule has 0 bridgehead atoms. The lowest BCUT2D eigenvalue weighted by molar-refractivity contribution is 0.0361. The number of piperidine rings is 1. The normalized spacial score (nSPS) is 17.8. The zero-order chi connectivity index (χ0) is 23.2. The molecule has 1 N–H and O–H groups in total. The Balaban J connectivity index is 1.46. The van der Waals surface area contributed by atoms with Crippen LogP contribution >= 0.6 is 0 Å². The molecule has 2 aliphatic rings. The van der Waals surface area contributed by atoms with Crippen molar-refractivity contribution >= 4 is 22.9 Å². The molecule has 10 nitrogen and oxygen atoms in total. The van der Waals surface area contributed by atoms with E-state index in [4.69, 9.17) is 19.3 Å². The maximum Gasteiger partial charge on any atom is 0.409 e. The number of carbonyl (C=O) groups excluding carboxylic acids is 2. The number of hydrogen-bond acceptors (Lipinski definition) is 7. The highest BCUT2D eigenvalue weighted by Gasteiger charge is 2.27. The zero-order valence-electron chi connectivity index (χ0n) is 19.4. The van der Waals surface area contributed by atoms with E-state index in [1.807, 2.05) is 22.9 Å². The minimum atomic E-state index is -0.292. The third-order valence-corrected chi connectivity index (χ3v) is 6.26. The van der Waals surface area contributed by atoms with Crippen molar-refractivity contribution in [1.29, 1.82) is 0 Å². The largest absolute Gasteiger partial charge is 0.494 e. The number of likely N-dealkylation sites (tertiary alicyclic amines) is 1. The van der Waals surface area contributed by atoms with Crippen LogP contribution < -0.4 is 10.1 Å². The number of morpholine rings is 1. The molecule has 0 aliphatic carbocycles. The van der Waals surface area contributed by atoms with E-state index in [9.17, 15) is 9.59 Å². The fourth-order valence-electron chi connectivity index (χ4n) is 4.43. The highest BCUT2D eigenvalue weighted by atomic mass is 16.6. The van der Waals surface area contributed by atoms with Crippen LogP contribution in [-0.4, -0.2) is 97.3 Å². The van der Waals surface area contributed by atoms with Gasteiger partial charge in [-0.25, -0.2) is 4.79 Å². The first-order valence-electron chi connectivity index (χ1n) is 11.7. The molecule has 0 spiro atoms. The Labute approximate surface area is 193 Å². The van der Waals surface area contributed by atoms with Gasteiger partial charge in [0, 0.05) is 44.2 Å². The van der Waals surface area contributed by atoms with Gasteiger partial charge in [0.25, 0.3) is 5.91 Å². The van der Waals surface area contributed by atoms with Gasteiger partial charge >= 0.3 is 6.09 Å². The summed E-state index contributed by atoms with van der Waals surface area (Å²) in [6.45, 7) is 8.04. The molecule has 4 rings (SSSR count). The van der Waals surface area contributed by atoms with Gasteiger partial charge in [0.15, 0.2) is 5.69 Å². The highest BCUT2D eigenvalue weighted by molar-refractivity contribution is 6.06. The van der Waals surface area contributed by atoms with Crippen LogP contribution in [0.2, 0.25) is 0 Å². The molecule has 0 unspecified atom stereocenters. The van der Waals surface area contributed by atoms with Gasteiger partial charge in [-0.05, 0) is 25.8 Å². The third-order valence-electron chi connectivity index (χ3n) is 6.26. The summed E-state index contributed by atoms with van der Waals surface area (Å²) in [6.07, 6.45) is 1.08. The molecule has 10 heteroatoms. The average Bonchev–Trinajstić information content (AvgIpc) is 3.23. The van der Waals surface area contributed by atoms with Gasteiger partial charge in [-0.1, -0.05) is 12.1 Å². The average molecular weight is 460 g/mol. The van der Waals surface area contributed by atoms with Crippen molar-refractivity contribution in [3.8, 4) is 5.75 Å². The minimum absolute atomic E-state index is 0.0117. The fraction of sp³-hybridized carbons (Fsp3) is 0.609. The zero-order valence-corrected chi connectivity index (χ0v) is 19.4. The lowest BCUT2D eigenvalue weighted by Gasteiger charge is -2.31. The van der Waals surface area contributed by atoms with Crippen molar-refractivity contribution in [3.05, 3.63) is 23.9 Å². The maximum absolute atomic E-state index is 13.2. The molecule has 180 valence electrons. The van der Waals surface area contributed by atoms with Crippen LogP contribution in [0, 0.1) is 0 Å². The number of aromatic nitrogens is 2. The number of benzene rings is 1. The smallest absolute Gasteiger partial charge is 0.409 e. The van der Waals surface area contributed by atoms with Gasteiger partial charge < -0.3 is 24.4 Å². The minimum Gasteiger partial charge on any atom is -0.494 e. The topological polar surface area (TPSA) is 98.2 Å². The van der Waals surface area contributed by atoms with Crippen molar-refractivity contribution in [2.75, 3.05) is 59.7 Å². The number of amides is 2. The lowest BCUT2D eigenvalue weighted by Crippen LogP contribution is -2.46. The predicted molar refractivity (Wildman–Crippen MR) is 123 cm³/mol. The van der Waals surface area contributed by atoms with Crippen LogP contribution in [0.5, 0.6) is 5.75 Å². The van der Waals surface area contributed by atoms with E-state index in [-0.39, 0.29) is 18.0 Å². The van der Waals surface area contributed by atoms with Crippen LogP contribution in [0.3, 0.4) is 0 Å². The van der Waals surface area contributed by atoms with Gasteiger partial charge in [0.2, 0.25) is 0 Å². The van der Waals surface area contributed by atoms with Crippen molar-refractivity contribution in [1.82, 2.24) is 24.9 Å². The van der Waals surface area contributed by atoms with Gasteiger partial charge in [0.05, 0.1) is 33.5 Å². The quantitative estimate of drug-likeness (QED) is 0.673. The number of ether oxygens (including phenoxy) is 3. The molecular weight excluding hydrogens is 426 g/mol. The number of nitrogens with one attached hydrogen (secondary N) is 1. The Morgan fingerprint density at radius 2 is 1.91 bits per heavy atom. The summed E-state index contributed by atoms with van der Waals surface area (Å²) in [6, 6.07) is 5.67. The van der Waals surface area contributed by atoms with Crippen molar-refractivity contribution < 1.29 is 23.8 Å². The van der Waals surface area contributed by atoms with E-state index in [0.29, 0.717) is 50.5 Å². The first kappa shape index (κ1) is 23.3.